The van der Waals surface area contributed by atoms with E-state index in [0.29, 0.717) is 53.7 Å². The number of rotatable bonds is 18. The van der Waals surface area contributed by atoms with Gasteiger partial charge < -0.3 is 49.0 Å². The van der Waals surface area contributed by atoms with Gasteiger partial charge in [0.25, 0.3) is 5.91 Å². The predicted octanol–water partition coefficient (Wildman–Crippen LogP) is 7.13. The number of nitrogens with zero attached hydrogens (tertiary/aromatic N) is 2. The minimum absolute atomic E-state index is 0.00294. The molecular formula is C46H55N3O10. The maximum atomic E-state index is 14.7. The highest BCUT2D eigenvalue weighted by atomic mass is 16.7. The van der Waals surface area contributed by atoms with Gasteiger partial charge in [0, 0.05) is 50.3 Å². The van der Waals surface area contributed by atoms with Crippen molar-refractivity contribution in [1.29, 1.82) is 0 Å². The number of allylic oxidation sites excluding steroid dienone is 1. The first kappa shape index (κ1) is 41.8. The van der Waals surface area contributed by atoms with Gasteiger partial charge in [-0.2, -0.15) is 0 Å². The van der Waals surface area contributed by atoms with Crippen molar-refractivity contribution in [3.8, 4) is 23.0 Å². The summed E-state index contributed by atoms with van der Waals surface area (Å²) in [4.78, 5) is 35.2. The number of amides is 2. The van der Waals surface area contributed by atoms with Crippen LogP contribution in [0.3, 0.4) is 0 Å². The van der Waals surface area contributed by atoms with Crippen molar-refractivity contribution in [3.05, 3.63) is 108 Å². The molecule has 2 heterocycles. The number of nitrogens with one attached hydrogen (secondary N) is 1. The van der Waals surface area contributed by atoms with Crippen LogP contribution in [0.4, 0.5) is 4.79 Å². The Kier molecular flexibility index (Phi) is 13.5. The Morgan fingerprint density at radius 3 is 2.51 bits per heavy atom. The van der Waals surface area contributed by atoms with Crippen molar-refractivity contribution in [1.82, 2.24) is 10.2 Å². The van der Waals surface area contributed by atoms with Gasteiger partial charge in [-0.1, -0.05) is 60.5 Å². The Hall–Kier alpha value is -5.37. The molecule has 6 atom stereocenters. The molecule has 3 aromatic carbocycles. The zero-order valence-electron chi connectivity index (χ0n) is 33.8. The average Bonchev–Trinajstić information content (AvgIpc) is 3.73. The number of aliphatic hydroxyl groups excluding tert-OH is 2. The molecule has 0 aromatic heterocycles. The maximum Gasteiger partial charge on any atom is 0.412 e. The van der Waals surface area contributed by atoms with Crippen LogP contribution in [0.15, 0.2) is 96.2 Å². The fraction of sp³-hybridized carbons (Fsp3) is 0.457. The molecule has 0 radical (unpaired) electrons. The number of likely N-dealkylation sites (N-methyl/N-ethyl adjacent to an activating group) is 1. The number of hydrogen-bond donors (Lipinski definition) is 3. The van der Waals surface area contributed by atoms with E-state index in [1.54, 1.807) is 42.3 Å². The van der Waals surface area contributed by atoms with Gasteiger partial charge in [-0.15, -0.1) is 6.58 Å². The van der Waals surface area contributed by atoms with E-state index < -0.39 is 23.8 Å². The molecule has 7 rings (SSSR count). The lowest BCUT2D eigenvalue weighted by Gasteiger charge is -2.59. The molecule has 314 valence electrons. The van der Waals surface area contributed by atoms with Crippen LogP contribution in [0, 0.1) is 17.8 Å². The molecule has 13 nitrogen and oxygen atoms in total. The number of carbonyl (C=O) groups excluding carboxylic acids is 2. The molecule has 1 saturated carbocycles. The van der Waals surface area contributed by atoms with Crippen molar-refractivity contribution >= 4 is 17.7 Å². The summed E-state index contributed by atoms with van der Waals surface area (Å²) in [5, 5.41) is 27.3. The molecule has 4 aliphatic rings. The van der Waals surface area contributed by atoms with E-state index in [9.17, 15) is 19.8 Å². The molecule has 3 aromatic rings. The van der Waals surface area contributed by atoms with E-state index in [4.69, 9.17) is 33.7 Å². The number of oxime groups is 1. The SMILES string of the molecule is C=CCOC12Oc3ccc(OC(=O)NCC)cc3C3C(CCCCO)C(CCCCO)C=C(C(=NOCc4ccccc4)CC1N(C)C(=O)c1ccc4c(c1)OCO4)C32. The number of aliphatic hydroxyl groups is 2. The van der Waals surface area contributed by atoms with Gasteiger partial charge in [0.2, 0.25) is 12.6 Å². The van der Waals surface area contributed by atoms with Crippen LogP contribution in [0.25, 0.3) is 0 Å². The second-order valence-electron chi connectivity index (χ2n) is 15.4. The van der Waals surface area contributed by atoms with Crippen LogP contribution in [0.1, 0.15) is 79.3 Å². The summed E-state index contributed by atoms with van der Waals surface area (Å²) in [5.41, 5.74) is 3.78. The lowest BCUT2D eigenvalue weighted by Crippen LogP contribution is -2.69. The topological polar surface area (TPSA) is 158 Å². The molecule has 59 heavy (non-hydrogen) atoms. The third kappa shape index (κ3) is 8.83. The number of benzene rings is 3. The van der Waals surface area contributed by atoms with E-state index in [1.807, 2.05) is 49.4 Å². The number of hydrogen-bond acceptors (Lipinski definition) is 11. The summed E-state index contributed by atoms with van der Waals surface area (Å²) in [7, 11) is 1.75. The lowest BCUT2D eigenvalue weighted by atomic mass is 9.55. The van der Waals surface area contributed by atoms with Crippen molar-refractivity contribution in [2.75, 3.05) is 40.2 Å². The van der Waals surface area contributed by atoms with E-state index in [1.165, 1.54) is 0 Å². The molecule has 13 heteroatoms. The van der Waals surface area contributed by atoms with Crippen LogP contribution < -0.4 is 24.3 Å². The highest BCUT2D eigenvalue weighted by Gasteiger charge is 2.65. The zero-order chi connectivity index (χ0) is 41.4. The first-order chi connectivity index (χ1) is 28.8. The van der Waals surface area contributed by atoms with Crippen LogP contribution in [0.2, 0.25) is 0 Å². The second-order valence-corrected chi connectivity index (χ2v) is 15.4. The van der Waals surface area contributed by atoms with Crippen LogP contribution in [-0.2, 0) is 16.2 Å². The summed E-state index contributed by atoms with van der Waals surface area (Å²) in [6, 6.07) is 19.6. The maximum absolute atomic E-state index is 14.7. The fourth-order valence-corrected chi connectivity index (χ4v) is 9.21. The second kappa shape index (κ2) is 19.1. The van der Waals surface area contributed by atoms with Crippen LogP contribution in [0.5, 0.6) is 23.0 Å². The van der Waals surface area contributed by atoms with Crippen LogP contribution >= 0.6 is 0 Å². The third-order valence-electron chi connectivity index (χ3n) is 11.8. The number of unbranched alkanes of at least 4 members (excludes halogenated alkanes) is 2. The molecule has 0 bridgehead atoms. The van der Waals surface area contributed by atoms with Gasteiger partial charge in [-0.05, 0) is 92.0 Å². The molecule has 6 unspecified atom stereocenters. The van der Waals surface area contributed by atoms with Crippen molar-refractivity contribution in [3.63, 3.8) is 0 Å². The minimum Gasteiger partial charge on any atom is -0.459 e. The van der Waals surface area contributed by atoms with Gasteiger partial charge in [0.15, 0.2) is 11.5 Å². The average molecular weight is 810 g/mol. The third-order valence-corrected chi connectivity index (χ3v) is 11.8. The van der Waals surface area contributed by atoms with Gasteiger partial charge in [-0.25, -0.2) is 4.79 Å². The molecule has 1 fully saturated rings. The monoisotopic (exact) mass is 809 g/mol. The normalized spacial score (nSPS) is 24.2. The number of fused-ring (bicyclic) bond motifs is 3. The molecule has 2 aliphatic carbocycles. The fourth-order valence-electron chi connectivity index (χ4n) is 9.21. The Bertz CT molecular complexity index is 2020. The first-order valence-corrected chi connectivity index (χ1v) is 20.7. The van der Waals surface area contributed by atoms with Gasteiger partial charge in [-0.3, -0.25) is 4.79 Å². The van der Waals surface area contributed by atoms with Crippen molar-refractivity contribution in [2.24, 2.45) is 22.9 Å². The largest absolute Gasteiger partial charge is 0.459 e. The lowest BCUT2D eigenvalue weighted by molar-refractivity contribution is -0.252. The van der Waals surface area contributed by atoms with Gasteiger partial charge in [0.05, 0.1) is 18.2 Å². The molecule has 2 amide bonds. The summed E-state index contributed by atoms with van der Waals surface area (Å²) in [6.07, 6.45) is 8.06. The van der Waals surface area contributed by atoms with Gasteiger partial charge in [0.1, 0.15) is 24.1 Å². The number of ether oxygens (including phenoxy) is 5. The molecule has 0 saturated heterocycles. The highest BCUT2D eigenvalue weighted by Crippen LogP contribution is 2.62. The summed E-state index contributed by atoms with van der Waals surface area (Å²) < 4.78 is 31.2. The van der Waals surface area contributed by atoms with Gasteiger partial charge >= 0.3 is 6.09 Å². The van der Waals surface area contributed by atoms with E-state index in [-0.39, 0.29) is 63.3 Å². The first-order valence-electron chi connectivity index (χ1n) is 20.7. The number of carbonyl (C=O) groups is 2. The van der Waals surface area contributed by atoms with E-state index >= 15 is 0 Å². The summed E-state index contributed by atoms with van der Waals surface area (Å²) >= 11 is 0. The Morgan fingerprint density at radius 2 is 1.75 bits per heavy atom. The molecule has 2 aliphatic heterocycles. The Labute approximate surface area is 345 Å². The Balaban J connectivity index is 1.41. The predicted molar refractivity (Wildman–Crippen MR) is 221 cm³/mol. The van der Waals surface area contributed by atoms with Crippen molar-refractivity contribution < 1.29 is 48.3 Å². The Morgan fingerprint density at radius 1 is 0.983 bits per heavy atom. The standard InChI is InChI=1S/C46H55N3O10/c1-4-23-56-46-41(49(3)44(52)32-17-19-39-40(25-32)55-29-54-39)27-37(48-57-28-30-13-7-6-8-14-30)35-24-31(15-9-11-21-50)34(16-10-12-22-51)42(43(35)46)36-26-33(18-20-38(36)59-46)58-45(53)47-5-2/h4,6-8,13-14,17-20,24-26,31,34,41-43,50-51H,1,5,9-12,15-16,21-23,27-29H2,2-3H3,(H,47,53). The minimum atomic E-state index is -1.44. The quantitative estimate of drug-likeness (QED) is 0.0686. The molecule has 0 spiro atoms. The smallest absolute Gasteiger partial charge is 0.412 e. The summed E-state index contributed by atoms with van der Waals surface area (Å²) in [6.45, 7) is 6.83. The van der Waals surface area contributed by atoms with E-state index in [0.717, 1.165) is 42.4 Å². The van der Waals surface area contributed by atoms with Crippen LogP contribution in [-0.4, -0.2) is 84.9 Å². The highest BCUT2D eigenvalue weighted by molar-refractivity contribution is 6.03. The molecular weight excluding hydrogens is 755 g/mol. The summed E-state index contributed by atoms with van der Waals surface area (Å²) in [5.74, 6) is -0.502. The molecule has 3 N–H and O–H groups in total. The zero-order valence-corrected chi connectivity index (χ0v) is 33.8. The van der Waals surface area contributed by atoms with Crippen molar-refractivity contribution in [2.45, 2.75) is 76.2 Å². The van der Waals surface area contributed by atoms with E-state index in [2.05, 4.69) is 18.0 Å².